The van der Waals surface area contributed by atoms with Crippen LogP contribution in [0.25, 0.3) is 0 Å². The molecule has 0 saturated heterocycles. The predicted octanol–water partition coefficient (Wildman–Crippen LogP) is 4.49. The van der Waals surface area contributed by atoms with Gasteiger partial charge in [-0.25, -0.2) is 8.78 Å². The molecule has 20 heavy (non-hydrogen) atoms. The van der Waals surface area contributed by atoms with Crippen LogP contribution in [-0.2, 0) is 0 Å². The summed E-state index contributed by atoms with van der Waals surface area (Å²) in [6, 6.07) is 2.42. The second-order valence-corrected chi connectivity index (χ2v) is 6.66. The fourth-order valence-electron chi connectivity index (χ4n) is 2.87. The van der Waals surface area contributed by atoms with Crippen molar-refractivity contribution in [1.82, 2.24) is 0 Å². The van der Waals surface area contributed by atoms with Crippen LogP contribution in [0.2, 0.25) is 0 Å². The standard InChI is InChI=1S/C15H18F2N2S/c1-10-7-12(17)13(8-11(10)16)18-14-19-15(9-20-14)5-3-2-4-6-15/h7-8H,2-6,9H2,1H3,(H,18,19). The smallest absolute Gasteiger partial charge is 0.161 e. The normalized spacial score (nSPS) is 21.1. The molecule has 1 aliphatic heterocycles. The number of aliphatic imine (C=N–C) groups is 1. The Morgan fingerprint density at radius 3 is 2.65 bits per heavy atom. The Kier molecular flexibility index (Phi) is 3.71. The van der Waals surface area contributed by atoms with Crippen molar-refractivity contribution >= 4 is 22.6 Å². The van der Waals surface area contributed by atoms with Crippen LogP contribution in [0.1, 0.15) is 37.7 Å². The molecule has 5 heteroatoms. The van der Waals surface area contributed by atoms with E-state index in [-0.39, 0.29) is 11.2 Å². The molecule has 0 atom stereocenters. The number of halogens is 2. The van der Waals surface area contributed by atoms with E-state index in [4.69, 9.17) is 4.99 Å². The molecule has 0 amide bonds. The quantitative estimate of drug-likeness (QED) is 0.825. The number of thioether (sulfide) groups is 1. The van der Waals surface area contributed by atoms with E-state index in [1.54, 1.807) is 18.7 Å². The van der Waals surface area contributed by atoms with Crippen LogP contribution in [0, 0.1) is 18.6 Å². The van der Waals surface area contributed by atoms with Crippen LogP contribution in [-0.4, -0.2) is 16.5 Å². The van der Waals surface area contributed by atoms with E-state index in [2.05, 4.69) is 5.32 Å². The highest BCUT2D eigenvalue weighted by Gasteiger charge is 2.36. The first kappa shape index (κ1) is 13.9. The zero-order chi connectivity index (χ0) is 14.2. The van der Waals surface area contributed by atoms with Crippen LogP contribution >= 0.6 is 11.8 Å². The lowest BCUT2D eigenvalue weighted by Gasteiger charge is -2.29. The van der Waals surface area contributed by atoms with Gasteiger partial charge in [0.15, 0.2) is 5.17 Å². The van der Waals surface area contributed by atoms with Gasteiger partial charge in [-0.3, -0.25) is 4.99 Å². The van der Waals surface area contributed by atoms with Crippen molar-refractivity contribution in [2.24, 2.45) is 4.99 Å². The predicted molar refractivity (Wildman–Crippen MR) is 80.4 cm³/mol. The lowest BCUT2D eigenvalue weighted by atomic mass is 9.84. The van der Waals surface area contributed by atoms with Gasteiger partial charge in [0, 0.05) is 11.8 Å². The second kappa shape index (κ2) is 5.35. The van der Waals surface area contributed by atoms with Crippen molar-refractivity contribution in [2.45, 2.75) is 44.6 Å². The second-order valence-electron chi connectivity index (χ2n) is 5.70. The zero-order valence-electron chi connectivity index (χ0n) is 11.5. The number of benzene rings is 1. The van der Waals surface area contributed by atoms with Gasteiger partial charge in [0.25, 0.3) is 0 Å². The fourth-order valence-corrected chi connectivity index (χ4v) is 4.07. The van der Waals surface area contributed by atoms with Gasteiger partial charge in [-0.05, 0) is 31.4 Å². The molecule has 2 aliphatic rings. The molecule has 0 aromatic heterocycles. The average molecular weight is 296 g/mol. The highest BCUT2D eigenvalue weighted by Crippen LogP contribution is 2.40. The largest absolute Gasteiger partial charge is 0.332 e. The molecule has 1 saturated carbocycles. The number of anilines is 1. The summed E-state index contributed by atoms with van der Waals surface area (Å²) in [5.41, 5.74) is 0.523. The maximum atomic E-state index is 13.8. The van der Waals surface area contributed by atoms with E-state index in [1.807, 2.05) is 0 Å². The molecule has 1 fully saturated rings. The Bertz CT molecular complexity index is 551. The topological polar surface area (TPSA) is 24.4 Å². The Hall–Kier alpha value is -1.10. The maximum Gasteiger partial charge on any atom is 0.161 e. The number of nitrogens with zero attached hydrogens (tertiary/aromatic N) is 1. The van der Waals surface area contributed by atoms with Crippen LogP contribution in [0.3, 0.4) is 0 Å². The number of nitrogens with one attached hydrogen (secondary N) is 1. The lowest BCUT2D eigenvalue weighted by molar-refractivity contribution is 0.335. The maximum absolute atomic E-state index is 13.8. The van der Waals surface area contributed by atoms with E-state index in [1.165, 1.54) is 31.4 Å². The first-order valence-corrected chi connectivity index (χ1v) is 8.02. The van der Waals surface area contributed by atoms with Gasteiger partial charge in [0.1, 0.15) is 11.6 Å². The molecule has 1 aliphatic carbocycles. The summed E-state index contributed by atoms with van der Waals surface area (Å²) in [6.07, 6.45) is 5.92. The van der Waals surface area contributed by atoms with Gasteiger partial charge in [-0.2, -0.15) is 0 Å². The molecular weight excluding hydrogens is 278 g/mol. The summed E-state index contributed by atoms with van der Waals surface area (Å²) in [5, 5.41) is 3.66. The van der Waals surface area contributed by atoms with Crippen LogP contribution in [0.5, 0.6) is 0 Å². The minimum atomic E-state index is -0.434. The van der Waals surface area contributed by atoms with Crippen molar-refractivity contribution in [3.63, 3.8) is 0 Å². The molecule has 1 aromatic rings. The monoisotopic (exact) mass is 296 g/mol. The van der Waals surface area contributed by atoms with E-state index in [0.717, 1.165) is 18.6 Å². The zero-order valence-corrected chi connectivity index (χ0v) is 12.3. The van der Waals surface area contributed by atoms with E-state index in [0.29, 0.717) is 10.7 Å². The highest BCUT2D eigenvalue weighted by molar-refractivity contribution is 8.14. The summed E-state index contributed by atoms with van der Waals surface area (Å²) in [6.45, 7) is 1.56. The molecule has 1 spiro atoms. The summed E-state index contributed by atoms with van der Waals surface area (Å²) in [4.78, 5) is 4.75. The average Bonchev–Trinajstić information content (AvgIpc) is 2.79. The minimum Gasteiger partial charge on any atom is -0.332 e. The molecular formula is C15H18F2N2S. The Balaban J connectivity index is 1.78. The van der Waals surface area contributed by atoms with Crippen LogP contribution < -0.4 is 5.32 Å². The molecule has 2 nitrogen and oxygen atoms in total. The lowest BCUT2D eigenvalue weighted by Crippen LogP contribution is -2.29. The van der Waals surface area contributed by atoms with Crippen LogP contribution in [0.4, 0.5) is 14.5 Å². The summed E-state index contributed by atoms with van der Waals surface area (Å²) >= 11 is 1.61. The third-order valence-electron chi connectivity index (χ3n) is 4.09. The molecule has 0 radical (unpaired) electrons. The number of aryl methyl sites for hydroxylation is 1. The molecule has 1 aromatic carbocycles. The van der Waals surface area contributed by atoms with Gasteiger partial charge in [-0.15, -0.1) is 0 Å². The third-order valence-corrected chi connectivity index (χ3v) is 5.24. The van der Waals surface area contributed by atoms with Gasteiger partial charge >= 0.3 is 0 Å². The summed E-state index contributed by atoms with van der Waals surface area (Å²) < 4.78 is 27.4. The van der Waals surface area contributed by atoms with Gasteiger partial charge in [-0.1, -0.05) is 31.0 Å². The number of rotatable bonds is 1. The van der Waals surface area contributed by atoms with Crippen molar-refractivity contribution in [3.8, 4) is 0 Å². The first-order chi connectivity index (χ1) is 9.58. The summed E-state index contributed by atoms with van der Waals surface area (Å²) in [7, 11) is 0. The third kappa shape index (κ3) is 2.68. The SMILES string of the molecule is Cc1cc(F)c(NC2=NC3(CCCCC3)CS2)cc1F. The molecule has 0 unspecified atom stereocenters. The van der Waals surface area contributed by atoms with Crippen LogP contribution in [0.15, 0.2) is 17.1 Å². The number of hydrogen-bond donors (Lipinski definition) is 1. The first-order valence-electron chi connectivity index (χ1n) is 7.03. The highest BCUT2D eigenvalue weighted by atomic mass is 32.2. The minimum absolute atomic E-state index is 0.0327. The Morgan fingerprint density at radius 1 is 1.15 bits per heavy atom. The van der Waals surface area contributed by atoms with Crippen molar-refractivity contribution in [3.05, 3.63) is 29.3 Å². The van der Waals surface area contributed by atoms with Gasteiger partial charge in [0.2, 0.25) is 0 Å². The molecule has 108 valence electrons. The van der Waals surface area contributed by atoms with E-state index < -0.39 is 11.6 Å². The van der Waals surface area contributed by atoms with Gasteiger partial charge < -0.3 is 5.32 Å². The van der Waals surface area contributed by atoms with E-state index >= 15 is 0 Å². The Morgan fingerprint density at radius 2 is 1.90 bits per heavy atom. The van der Waals surface area contributed by atoms with Crippen molar-refractivity contribution in [2.75, 3.05) is 11.1 Å². The fraction of sp³-hybridized carbons (Fsp3) is 0.533. The molecule has 0 bridgehead atoms. The van der Waals surface area contributed by atoms with Crippen molar-refractivity contribution in [1.29, 1.82) is 0 Å². The summed E-state index contributed by atoms with van der Waals surface area (Å²) in [5.74, 6) is 0.118. The molecule has 3 rings (SSSR count). The number of hydrogen-bond acceptors (Lipinski definition) is 3. The van der Waals surface area contributed by atoms with Gasteiger partial charge in [0.05, 0.1) is 11.2 Å². The number of amidine groups is 1. The Labute approximate surface area is 122 Å². The molecule has 1 N–H and O–H groups in total. The van der Waals surface area contributed by atoms with E-state index in [9.17, 15) is 8.78 Å². The van der Waals surface area contributed by atoms with Crippen molar-refractivity contribution < 1.29 is 8.78 Å². The molecule has 1 heterocycles.